The molecule has 1 aromatic heterocycles. The normalized spacial score (nSPS) is 11.5. The molecule has 0 aliphatic heterocycles. The summed E-state index contributed by atoms with van der Waals surface area (Å²) in [4.78, 5) is 21.1. The summed E-state index contributed by atoms with van der Waals surface area (Å²) in [5, 5.41) is 3.93. The number of amides is 1. The van der Waals surface area contributed by atoms with Crippen LogP contribution in [0.1, 0.15) is 42.3 Å². The number of fused-ring (bicyclic) bond motifs is 1. The summed E-state index contributed by atoms with van der Waals surface area (Å²) in [5.74, 6) is 0.134. The van der Waals surface area contributed by atoms with E-state index in [-0.39, 0.29) is 17.3 Å². The van der Waals surface area contributed by atoms with Crippen LogP contribution in [0.3, 0.4) is 0 Å². The first-order valence-corrected chi connectivity index (χ1v) is 10.3. The molecule has 4 aromatic rings. The minimum atomic E-state index is -0.127. The van der Waals surface area contributed by atoms with E-state index in [2.05, 4.69) is 43.0 Å². The van der Waals surface area contributed by atoms with E-state index in [4.69, 9.17) is 5.73 Å². The molecule has 3 N–H and O–H groups in total. The molecule has 5 nitrogen and oxygen atoms in total. The van der Waals surface area contributed by atoms with Crippen LogP contribution in [0.25, 0.3) is 22.0 Å². The number of aryl methyl sites for hydroxylation is 1. The van der Waals surface area contributed by atoms with Crippen molar-refractivity contribution in [2.45, 2.75) is 33.1 Å². The predicted molar refractivity (Wildman–Crippen MR) is 127 cm³/mol. The first-order valence-electron chi connectivity index (χ1n) is 10.3. The van der Waals surface area contributed by atoms with Crippen LogP contribution in [0.15, 0.2) is 66.9 Å². The van der Waals surface area contributed by atoms with E-state index in [1.54, 1.807) is 6.20 Å². The van der Waals surface area contributed by atoms with Crippen LogP contribution >= 0.6 is 0 Å². The van der Waals surface area contributed by atoms with Crippen LogP contribution in [-0.4, -0.2) is 15.9 Å². The Bertz CT molecular complexity index is 1270. The molecule has 0 radical (unpaired) electrons. The summed E-state index contributed by atoms with van der Waals surface area (Å²) >= 11 is 0. The summed E-state index contributed by atoms with van der Waals surface area (Å²) in [6.45, 7) is 8.52. The van der Waals surface area contributed by atoms with Gasteiger partial charge in [0.15, 0.2) is 0 Å². The van der Waals surface area contributed by atoms with Gasteiger partial charge in [-0.2, -0.15) is 0 Å². The van der Waals surface area contributed by atoms with Gasteiger partial charge < -0.3 is 11.1 Å². The van der Waals surface area contributed by atoms with Gasteiger partial charge in [-0.1, -0.05) is 45.0 Å². The van der Waals surface area contributed by atoms with Crippen LogP contribution in [-0.2, 0) is 5.41 Å². The Hall–Kier alpha value is -3.73. The summed E-state index contributed by atoms with van der Waals surface area (Å²) in [6.07, 6.45) is 1.73. The average molecular weight is 411 g/mol. The van der Waals surface area contributed by atoms with Crippen molar-refractivity contribution in [1.82, 2.24) is 9.97 Å². The third kappa shape index (κ3) is 4.40. The van der Waals surface area contributed by atoms with Crippen molar-refractivity contribution in [3.05, 3.63) is 83.6 Å². The van der Waals surface area contributed by atoms with Gasteiger partial charge >= 0.3 is 0 Å². The zero-order valence-corrected chi connectivity index (χ0v) is 18.2. The zero-order chi connectivity index (χ0) is 22.2. The highest BCUT2D eigenvalue weighted by molar-refractivity contribution is 6.04. The summed E-state index contributed by atoms with van der Waals surface area (Å²) < 4.78 is 0. The molecule has 1 heterocycles. The fraction of sp³-hybridized carbons (Fsp3) is 0.192. The van der Waals surface area contributed by atoms with Crippen LogP contribution in [0, 0.1) is 6.92 Å². The number of anilines is 2. The largest absolute Gasteiger partial charge is 0.368 e. The predicted octanol–water partition coefficient (Wildman–Crippen LogP) is 5.74. The quantitative estimate of drug-likeness (QED) is 0.451. The van der Waals surface area contributed by atoms with Crippen LogP contribution in [0.5, 0.6) is 0 Å². The Morgan fingerprint density at radius 1 is 0.968 bits per heavy atom. The van der Waals surface area contributed by atoms with E-state index in [0.29, 0.717) is 5.56 Å². The third-order valence-corrected chi connectivity index (χ3v) is 5.42. The Morgan fingerprint density at radius 2 is 1.71 bits per heavy atom. The number of carbonyl (C=O) groups is 1. The van der Waals surface area contributed by atoms with Gasteiger partial charge in [0.1, 0.15) is 0 Å². The topological polar surface area (TPSA) is 80.9 Å². The van der Waals surface area contributed by atoms with E-state index in [9.17, 15) is 4.79 Å². The van der Waals surface area contributed by atoms with Gasteiger partial charge in [0, 0.05) is 22.8 Å². The minimum Gasteiger partial charge on any atom is -0.368 e. The third-order valence-electron chi connectivity index (χ3n) is 5.42. The van der Waals surface area contributed by atoms with E-state index in [1.807, 2.05) is 60.7 Å². The molecule has 0 unspecified atom stereocenters. The van der Waals surface area contributed by atoms with Crippen LogP contribution in [0.4, 0.5) is 11.6 Å². The number of hydrogen-bond donors (Lipinski definition) is 2. The molecule has 3 aromatic carbocycles. The first kappa shape index (κ1) is 20.5. The number of nitrogen functional groups attached to an aromatic ring is 1. The lowest BCUT2D eigenvalue weighted by Crippen LogP contribution is -2.14. The maximum Gasteiger partial charge on any atom is 0.255 e. The van der Waals surface area contributed by atoms with Gasteiger partial charge in [0.2, 0.25) is 5.95 Å². The molecular formula is C26H26N4O. The molecule has 1 amide bonds. The van der Waals surface area contributed by atoms with Gasteiger partial charge in [-0.05, 0) is 71.0 Å². The lowest BCUT2D eigenvalue weighted by molar-refractivity contribution is 0.102. The van der Waals surface area contributed by atoms with E-state index < -0.39 is 0 Å². The first-order chi connectivity index (χ1) is 14.7. The second-order valence-electron chi connectivity index (χ2n) is 8.81. The van der Waals surface area contributed by atoms with Gasteiger partial charge in [-0.3, -0.25) is 4.79 Å². The van der Waals surface area contributed by atoms with Crippen LogP contribution in [0.2, 0.25) is 0 Å². The number of aromatic nitrogens is 2. The molecular weight excluding hydrogens is 384 g/mol. The minimum absolute atomic E-state index is 0.0531. The van der Waals surface area contributed by atoms with E-state index in [1.165, 1.54) is 5.56 Å². The molecule has 0 fully saturated rings. The molecule has 5 heteroatoms. The van der Waals surface area contributed by atoms with Crippen molar-refractivity contribution in [2.75, 3.05) is 11.1 Å². The van der Waals surface area contributed by atoms with E-state index >= 15 is 0 Å². The summed E-state index contributed by atoms with van der Waals surface area (Å²) in [7, 11) is 0. The highest BCUT2D eigenvalue weighted by Crippen LogP contribution is 2.29. The number of nitrogens with one attached hydrogen (secondary N) is 1. The molecule has 0 saturated heterocycles. The van der Waals surface area contributed by atoms with Gasteiger partial charge in [0.05, 0.1) is 5.52 Å². The Kier molecular flexibility index (Phi) is 5.19. The van der Waals surface area contributed by atoms with Crippen LogP contribution < -0.4 is 11.1 Å². The molecule has 4 rings (SSSR count). The van der Waals surface area contributed by atoms with Crippen molar-refractivity contribution in [1.29, 1.82) is 0 Å². The number of rotatable bonds is 3. The number of nitrogens with zero attached hydrogens (tertiary/aromatic N) is 2. The summed E-state index contributed by atoms with van der Waals surface area (Å²) in [6, 6.07) is 19.7. The maximum absolute atomic E-state index is 12.8. The second kappa shape index (κ2) is 7.84. The van der Waals surface area contributed by atoms with E-state index in [0.717, 1.165) is 33.3 Å². The summed E-state index contributed by atoms with van der Waals surface area (Å²) in [5.41, 5.74) is 12.3. The molecule has 0 bridgehead atoms. The fourth-order valence-corrected chi connectivity index (χ4v) is 3.55. The average Bonchev–Trinajstić information content (AvgIpc) is 2.74. The fourth-order valence-electron chi connectivity index (χ4n) is 3.55. The lowest BCUT2D eigenvalue weighted by atomic mass is 9.86. The molecule has 0 spiro atoms. The Labute approximate surface area is 182 Å². The van der Waals surface area contributed by atoms with Gasteiger partial charge in [0.25, 0.3) is 5.91 Å². The van der Waals surface area contributed by atoms with Crippen molar-refractivity contribution in [3.8, 4) is 11.1 Å². The number of carbonyl (C=O) groups excluding carboxylic acids is 1. The molecule has 0 atom stereocenters. The lowest BCUT2D eigenvalue weighted by Gasteiger charge is -2.19. The van der Waals surface area contributed by atoms with Crippen molar-refractivity contribution in [3.63, 3.8) is 0 Å². The molecule has 0 saturated carbocycles. The maximum atomic E-state index is 12.8. The monoisotopic (exact) mass is 410 g/mol. The Balaban J connectivity index is 1.60. The Morgan fingerprint density at radius 3 is 2.42 bits per heavy atom. The van der Waals surface area contributed by atoms with Gasteiger partial charge in [-0.15, -0.1) is 0 Å². The van der Waals surface area contributed by atoms with Gasteiger partial charge in [-0.25, -0.2) is 9.97 Å². The zero-order valence-electron chi connectivity index (χ0n) is 18.2. The highest BCUT2D eigenvalue weighted by atomic mass is 16.1. The molecule has 0 aliphatic rings. The molecule has 31 heavy (non-hydrogen) atoms. The van der Waals surface area contributed by atoms with Crippen molar-refractivity contribution < 1.29 is 4.79 Å². The second-order valence-corrected chi connectivity index (χ2v) is 8.81. The smallest absolute Gasteiger partial charge is 0.255 e. The molecule has 156 valence electrons. The van der Waals surface area contributed by atoms with Crippen molar-refractivity contribution in [2.24, 2.45) is 0 Å². The standard InChI is InChI=1S/C26H26N4O/c1-16-5-11-21(29-24(31)17-6-9-20(10-7-17)26(2,3)4)14-22(16)18-8-12-23-19(13-18)15-28-25(27)30-23/h5-15H,1-4H3,(H,29,31)(H2,27,28,30). The van der Waals surface area contributed by atoms with Crippen molar-refractivity contribution >= 4 is 28.4 Å². The number of benzene rings is 3. The SMILES string of the molecule is Cc1ccc(NC(=O)c2ccc(C(C)(C)C)cc2)cc1-c1ccc2nc(N)ncc2c1. The number of hydrogen-bond acceptors (Lipinski definition) is 4. The number of nitrogens with two attached hydrogens (primary N) is 1. The highest BCUT2D eigenvalue weighted by Gasteiger charge is 2.15. The molecule has 0 aliphatic carbocycles.